The molecular formula is C11H12ClNO3S. The maximum Gasteiger partial charge on any atom is 0.224 e. The third kappa shape index (κ3) is 2.09. The van der Waals surface area contributed by atoms with E-state index in [2.05, 4.69) is 0 Å². The van der Waals surface area contributed by atoms with E-state index >= 15 is 0 Å². The van der Waals surface area contributed by atoms with Gasteiger partial charge in [-0.15, -0.1) is 22.9 Å². The number of hydrogen-bond donors (Lipinski definition) is 0. The van der Waals surface area contributed by atoms with E-state index in [0.29, 0.717) is 32.7 Å². The average Bonchev–Trinajstić information content (AvgIpc) is 2.85. The summed E-state index contributed by atoms with van der Waals surface area (Å²) in [5.74, 6) is 1.71. The summed E-state index contributed by atoms with van der Waals surface area (Å²) in [5.41, 5.74) is 0. The van der Waals surface area contributed by atoms with Gasteiger partial charge in [0, 0.05) is 18.3 Å². The zero-order chi connectivity index (χ0) is 11.8. The zero-order valence-electron chi connectivity index (χ0n) is 9.15. The molecule has 0 bridgehead atoms. The molecule has 1 amide bonds. The first-order valence-corrected chi connectivity index (χ1v) is 6.83. The Kier molecular flexibility index (Phi) is 2.88. The van der Waals surface area contributed by atoms with Crippen molar-refractivity contribution in [1.29, 1.82) is 0 Å². The number of likely N-dealkylation sites (tertiary alicyclic amines) is 1. The Morgan fingerprint density at radius 1 is 1.47 bits per heavy atom. The minimum absolute atomic E-state index is 0.0598. The van der Waals surface area contributed by atoms with Crippen LogP contribution in [0.25, 0.3) is 0 Å². The molecule has 0 radical (unpaired) electrons. The monoisotopic (exact) mass is 273 g/mol. The van der Waals surface area contributed by atoms with Crippen LogP contribution in [-0.2, 0) is 11.3 Å². The lowest BCUT2D eigenvalue weighted by Gasteiger charge is -2.19. The Balaban J connectivity index is 1.77. The van der Waals surface area contributed by atoms with Crippen LogP contribution in [0.2, 0.25) is 0 Å². The lowest BCUT2D eigenvalue weighted by Crippen LogP contribution is -2.25. The molecule has 0 N–H and O–H groups in total. The van der Waals surface area contributed by atoms with Crippen LogP contribution in [0.5, 0.6) is 11.5 Å². The van der Waals surface area contributed by atoms with E-state index in [-0.39, 0.29) is 11.3 Å². The molecular weight excluding hydrogens is 262 g/mol. The first kappa shape index (κ1) is 11.2. The summed E-state index contributed by atoms with van der Waals surface area (Å²) in [6.45, 7) is 2.36. The van der Waals surface area contributed by atoms with Gasteiger partial charge in [-0.2, -0.15) is 0 Å². The predicted octanol–water partition coefficient (Wildman–Crippen LogP) is 1.86. The van der Waals surface area contributed by atoms with Crippen LogP contribution in [0.1, 0.15) is 11.3 Å². The standard InChI is InChI=1S/C11H12ClNO3S/c12-7-3-10(14)13(4-7)5-9-11-8(6-17-9)15-1-2-16-11/h6-7H,1-5H2. The molecule has 2 aliphatic heterocycles. The van der Waals surface area contributed by atoms with Gasteiger partial charge < -0.3 is 14.4 Å². The van der Waals surface area contributed by atoms with Gasteiger partial charge in [-0.05, 0) is 0 Å². The van der Waals surface area contributed by atoms with Crippen molar-refractivity contribution in [1.82, 2.24) is 4.90 Å². The number of carbonyl (C=O) groups excluding carboxylic acids is 1. The molecule has 0 saturated carbocycles. The first-order valence-electron chi connectivity index (χ1n) is 5.52. The molecule has 92 valence electrons. The summed E-state index contributed by atoms with van der Waals surface area (Å²) in [5, 5.41) is 1.87. The molecule has 0 spiro atoms. The van der Waals surface area contributed by atoms with Crippen LogP contribution in [0, 0.1) is 0 Å². The lowest BCUT2D eigenvalue weighted by atomic mass is 10.3. The zero-order valence-corrected chi connectivity index (χ0v) is 10.7. The summed E-state index contributed by atoms with van der Waals surface area (Å²) in [4.78, 5) is 14.5. The van der Waals surface area contributed by atoms with E-state index in [0.717, 1.165) is 16.4 Å². The number of ether oxygens (including phenoxy) is 2. The van der Waals surface area contributed by atoms with E-state index in [1.54, 1.807) is 16.2 Å². The van der Waals surface area contributed by atoms with Crippen molar-refractivity contribution >= 4 is 28.8 Å². The molecule has 1 unspecified atom stereocenters. The maximum atomic E-state index is 11.7. The van der Waals surface area contributed by atoms with Crippen LogP contribution >= 0.6 is 22.9 Å². The first-order chi connectivity index (χ1) is 8.24. The Morgan fingerprint density at radius 3 is 3.06 bits per heavy atom. The van der Waals surface area contributed by atoms with Crippen molar-refractivity contribution in [2.75, 3.05) is 19.8 Å². The second-order valence-electron chi connectivity index (χ2n) is 4.12. The SMILES string of the molecule is O=C1CC(Cl)CN1Cc1scc2c1OCCO2. The third-order valence-corrected chi connectivity index (χ3v) is 4.10. The number of thiophene rings is 1. The number of carbonyl (C=O) groups is 1. The molecule has 4 nitrogen and oxygen atoms in total. The van der Waals surface area contributed by atoms with Crippen LogP contribution < -0.4 is 9.47 Å². The summed E-state index contributed by atoms with van der Waals surface area (Å²) >= 11 is 7.54. The van der Waals surface area contributed by atoms with Crippen molar-refractivity contribution in [3.05, 3.63) is 10.3 Å². The molecule has 17 heavy (non-hydrogen) atoms. The highest BCUT2D eigenvalue weighted by atomic mass is 35.5. The highest BCUT2D eigenvalue weighted by Gasteiger charge is 2.30. The van der Waals surface area contributed by atoms with Gasteiger partial charge in [0.15, 0.2) is 11.5 Å². The molecule has 0 aliphatic carbocycles. The fourth-order valence-electron chi connectivity index (χ4n) is 2.07. The molecule has 1 saturated heterocycles. The van der Waals surface area contributed by atoms with Crippen molar-refractivity contribution in [2.45, 2.75) is 18.3 Å². The number of hydrogen-bond acceptors (Lipinski definition) is 4. The van der Waals surface area contributed by atoms with Crippen molar-refractivity contribution in [3.8, 4) is 11.5 Å². The van der Waals surface area contributed by atoms with Gasteiger partial charge in [-0.25, -0.2) is 0 Å². The summed E-state index contributed by atoms with van der Waals surface area (Å²) in [7, 11) is 0. The average molecular weight is 274 g/mol. The van der Waals surface area contributed by atoms with Gasteiger partial charge in [0.2, 0.25) is 5.91 Å². The highest BCUT2D eigenvalue weighted by molar-refractivity contribution is 7.10. The van der Waals surface area contributed by atoms with Gasteiger partial charge in [-0.3, -0.25) is 4.79 Å². The topological polar surface area (TPSA) is 38.8 Å². The van der Waals surface area contributed by atoms with Crippen molar-refractivity contribution < 1.29 is 14.3 Å². The Labute approximate surface area is 108 Å². The number of fused-ring (bicyclic) bond motifs is 1. The van der Waals surface area contributed by atoms with Crippen molar-refractivity contribution in [3.63, 3.8) is 0 Å². The molecule has 1 aromatic heterocycles. The van der Waals surface area contributed by atoms with E-state index in [9.17, 15) is 4.79 Å². The normalized spacial score (nSPS) is 23.2. The predicted molar refractivity (Wildman–Crippen MR) is 65.0 cm³/mol. The second kappa shape index (κ2) is 4.38. The Hall–Kier alpha value is -0.940. The lowest BCUT2D eigenvalue weighted by molar-refractivity contribution is -0.128. The molecule has 3 rings (SSSR count). The fraction of sp³-hybridized carbons (Fsp3) is 0.545. The van der Waals surface area contributed by atoms with Crippen LogP contribution in [0.3, 0.4) is 0 Å². The number of nitrogens with zero attached hydrogens (tertiary/aromatic N) is 1. The number of halogens is 1. The minimum Gasteiger partial charge on any atom is -0.485 e. The van der Waals surface area contributed by atoms with Crippen LogP contribution in [-0.4, -0.2) is 35.9 Å². The maximum absolute atomic E-state index is 11.7. The second-order valence-corrected chi connectivity index (χ2v) is 5.71. The molecule has 2 aliphatic rings. The summed E-state index contributed by atoms with van der Waals surface area (Å²) in [6.07, 6.45) is 0.437. The Bertz CT molecular complexity index is 448. The molecule has 0 aromatic carbocycles. The summed E-state index contributed by atoms with van der Waals surface area (Å²) < 4.78 is 11.1. The highest BCUT2D eigenvalue weighted by Crippen LogP contribution is 2.40. The summed E-state index contributed by atoms with van der Waals surface area (Å²) in [6, 6.07) is 0. The van der Waals surface area contributed by atoms with Crippen LogP contribution in [0.15, 0.2) is 5.38 Å². The van der Waals surface area contributed by atoms with Gasteiger partial charge in [-0.1, -0.05) is 0 Å². The van der Waals surface area contributed by atoms with Crippen molar-refractivity contribution in [2.24, 2.45) is 0 Å². The quantitative estimate of drug-likeness (QED) is 0.772. The van der Waals surface area contributed by atoms with E-state index in [1.807, 2.05) is 5.38 Å². The number of alkyl halides is 1. The van der Waals surface area contributed by atoms with Gasteiger partial charge in [0.1, 0.15) is 13.2 Å². The number of rotatable bonds is 2. The molecule has 1 atom stereocenters. The van der Waals surface area contributed by atoms with E-state index in [4.69, 9.17) is 21.1 Å². The minimum atomic E-state index is -0.0598. The van der Waals surface area contributed by atoms with Crippen LogP contribution in [0.4, 0.5) is 0 Å². The van der Waals surface area contributed by atoms with Gasteiger partial charge >= 0.3 is 0 Å². The third-order valence-electron chi connectivity index (χ3n) is 2.87. The van der Waals surface area contributed by atoms with E-state index < -0.39 is 0 Å². The fourth-order valence-corrected chi connectivity index (χ4v) is 3.29. The largest absolute Gasteiger partial charge is 0.485 e. The molecule has 1 aromatic rings. The van der Waals surface area contributed by atoms with Gasteiger partial charge in [0.25, 0.3) is 0 Å². The molecule has 1 fully saturated rings. The Morgan fingerprint density at radius 2 is 2.29 bits per heavy atom. The smallest absolute Gasteiger partial charge is 0.224 e. The van der Waals surface area contributed by atoms with Gasteiger partial charge in [0.05, 0.1) is 16.8 Å². The number of amides is 1. The molecule has 3 heterocycles. The molecule has 6 heteroatoms. The van der Waals surface area contributed by atoms with E-state index in [1.165, 1.54) is 0 Å².